The van der Waals surface area contributed by atoms with E-state index in [2.05, 4.69) is 20.1 Å². The van der Waals surface area contributed by atoms with Gasteiger partial charge < -0.3 is 8.94 Å². The highest BCUT2D eigenvalue weighted by Gasteiger charge is 2.14. The van der Waals surface area contributed by atoms with E-state index >= 15 is 0 Å². The number of aromatic nitrogens is 4. The normalized spacial score (nSPS) is 10.6. The van der Waals surface area contributed by atoms with Crippen LogP contribution in [0.5, 0.6) is 0 Å². The van der Waals surface area contributed by atoms with Gasteiger partial charge in [0.25, 0.3) is 5.89 Å². The fourth-order valence-electron chi connectivity index (χ4n) is 1.46. The predicted molar refractivity (Wildman–Crippen MR) is 57.8 cm³/mol. The fraction of sp³-hybridized carbons (Fsp3) is 0.0909. The van der Waals surface area contributed by atoms with Gasteiger partial charge in [0.2, 0.25) is 5.82 Å². The molecule has 3 aromatic heterocycles. The molecule has 0 atom stereocenters. The second kappa shape index (κ2) is 3.82. The summed E-state index contributed by atoms with van der Waals surface area (Å²) in [5.74, 6) is 1.56. The first-order valence-corrected chi connectivity index (χ1v) is 4.99. The Morgan fingerprint density at radius 1 is 1.24 bits per heavy atom. The van der Waals surface area contributed by atoms with Crippen LogP contribution in [0.1, 0.15) is 5.76 Å². The van der Waals surface area contributed by atoms with Crippen molar-refractivity contribution in [3.8, 4) is 23.0 Å². The van der Waals surface area contributed by atoms with Gasteiger partial charge in [0.1, 0.15) is 11.5 Å². The molecule has 0 aliphatic carbocycles. The predicted octanol–water partition coefficient (Wildman–Crippen LogP) is 2.10. The van der Waals surface area contributed by atoms with Gasteiger partial charge in [0, 0.05) is 12.4 Å². The Labute approximate surface area is 96.3 Å². The van der Waals surface area contributed by atoms with Gasteiger partial charge in [-0.3, -0.25) is 4.98 Å². The first-order valence-electron chi connectivity index (χ1n) is 4.99. The van der Waals surface area contributed by atoms with E-state index in [1.54, 1.807) is 30.9 Å². The molecular formula is C11H8N4O2. The summed E-state index contributed by atoms with van der Waals surface area (Å²) in [6.45, 7) is 1.83. The standard InChI is InChI=1S/C11H8N4O2/c1-7-8(2-5-16-7)11-14-10(15-17-11)9-6-12-3-4-13-9/h2-6H,1H3. The van der Waals surface area contributed by atoms with Crippen LogP contribution in [0.15, 0.2) is 39.9 Å². The fourth-order valence-corrected chi connectivity index (χ4v) is 1.46. The maximum atomic E-state index is 5.18. The monoisotopic (exact) mass is 228 g/mol. The van der Waals surface area contributed by atoms with Gasteiger partial charge in [0.05, 0.1) is 18.0 Å². The third kappa shape index (κ3) is 1.69. The largest absolute Gasteiger partial charge is 0.469 e. The van der Waals surface area contributed by atoms with Gasteiger partial charge in [-0.05, 0) is 13.0 Å². The number of furan rings is 1. The second-order valence-corrected chi connectivity index (χ2v) is 3.40. The summed E-state index contributed by atoms with van der Waals surface area (Å²) < 4.78 is 10.3. The lowest BCUT2D eigenvalue weighted by atomic mass is 10.2. The van der Waals surface area contributed by atoms with Crippen molar-refractivity contribution in [2.45, 2.75) is 6.92 Å². The van der Waals surface area contributed by atoms with Crippen LogP contribution in [0.25, 0.3) is 23.0 Å². The van der Waals surface area contributed by atoms with Crippen molar-refractivity contribution in [2.75, 3.05) is 0 Å². The molecular weight excluding hydrogens is 220 g/mol. The lowest BCUT2D eigenvalue weighted by Crippen LogP contribution is -1.86. The van der Waals surface area contributed by atoms with E-state index in [1.807, 2.05) is 6.92 Å². The summed E-state index contributed by atoms with van der Waals surface area (Å²) >= 11 is 0. The second-order valence-electron chi connectivity index (χ2n) is 3.40. The molecule has 3 heterocycles. The van der Waals surface area contributed by atoms with Crippen LogP contribution in [-0.4, -0.2) is 20.1 Å². The highest BCUT2D eigenvalue weighted by Crippen LogP contribution is 2.24. The van der Waals surface area contributed by atoms with Crippen molar-refractivity contribution < 1.29 is 8.94 Å². The van der Waals surface area contributed by atoms with Crippen molar-refractivity contribution in [1.82, 2.24) is 20.1 Å². The van der Waals surface area contributed by atoms with E-state index in [4.69, 9.17) is 8.94 Å². The van der Waals surface area contributed by atoms with Crippen molar-refractivity contribution in [1.29, 1.82) is 0 Å². The lowest BCUT2D eigenvalue weighted by molar-refractivity contribution is 0.430. The van der Waals surface area contributed by atoms with Gasteiger partial charge in [-0.2, -0.15) is 4.98 Å². The number of rotatable bonds is 2. The Bertz CT molecular complexity index is 630. The molecule has 0 N–H and O–H groups in total. The van der Waals surface area contributed by atoms with Crippen LogP contribution in [0.3, 0.4) is 0 Å². The van der Waals surface area contributed by atoms with Gasteiger partial charge in [-0.1, -0.05) is 5.16 Å². The van der Waals surface area contributed by atoms with Crippen LogP contribution in [-0.2, 0) is 0 Å². The number of aryl methyl sites for hydroxylation is 1. The topological polar surface area (TPSA) is 77.8 Å². The molecule has 3 rings (SSSR count). The van der Waals surface area contributed by atoms with E-state index in [1.165, 1.54) is 0 Å². The molecule has 84 valence electrons. The smallest absolute Gasteiger partial charge is 0.261 e. The molecule has 0 radical (unpaired) electrons. The van der Waals surface area contributed by atoms with Crippen LogP contribution < -0.4 is 0 Å². The molecule has 0 spiro atoms. The summed E-state index contributed by atoms with van der Waals surface area (Å²) in [6, 6.07) is 1.78. The number of nitrogens with zero attached hydrogens (tertiary/aromatic N) is 4. The van der Waals surface area contributed by atoms with Gasteiger partial charge >= 0.3 is 0 Å². The molecule has 3 aromatic rings. The van der Waals surface area contributed by atoms with E-state index in [9.17, 15) is 0 Å². The third-order valence-corrected chi connectivity index (χ3v) is 2.31. The van der Waals surface area contributed by atoms with Crippen LogP contribution in [0.2, 0.25) is 0 Å². The Morgan fingerprint density at radius 2 is 2.18 bits per heavy atom. The molecule has 0 saturated heterocycles. The third-order valence-electron chi connectivity index (χ3n) is 2.31. The van der Waals surface area contributed by atoms with Crippen LogP contribution in [0.4, 0.5) is 0 Å². The number of hydrogen-bond acceptors (Lipinski definition) is 6. The lowest BCUT2D eigenvalue weighted by Gasteiger charge is -1.89. The zero-order valence-corrected chi connectivity index (χ0v) is 8.99. The van der Waals surface area contributed by atoms with Crippen LogP contribution >= 0.6 is 0 Å². The average Bonchev–Trinajstić information content (AvgIpc) is 2.98. The first kappa shape index (κ1) is 9.71. The molecule has 0 aliphatic rings. The van der Waals surface area contributed by atoms with Crippen molar-refractivity contribution in [2.24, 2.45) is 0 Å². The Hall–Kier alpha value is -2.50. The Kier molecular flexibility index (Phi) is 2.18. The van der Waals surface area contributed by atoms with Crippen LogP contribution in [0, 0.1) is 6.92 Å². The van der Waals surface area contributed by atoms with E-state index < -0.39 is 0 Å². The Morgan fingerprint density at radius 3 is 2.88 bits per heavy atom. The molecule has 0 aliphatic heterocycles. The highest BCUT2D eigenvalue weighted by molar-refractivity contribution is 5.58. The molecule has 17 heavy (non-hydrogen) atoms. The Balaban J connectivity index is 2.02. The zero-order valence-electron chi connectivity index (χ0n) is 8.99. The van der Waals surface area contributed by atoms with E-state index in [0.717, 1.165) is 11.3 Å². The van der Waals surface area contributed by atoms with Gasteiger partial charge in [-0.25, -0.2) is 4.98 Å². The summed E-state index contributed by atoms with van der Waals surface area (Å²) in [5.41, 5.74) is 1.36. The SMILES string of the molecule is Cc1occc1-c1nc(-c2cnccn2)no1. The van der Waals surface area contributed by atoms with Crippen molar-refractivity contribution in [3.63, 3.8) is 0 Å². The molecule has 0 bridgehead atoms. The minimum atomic E-state index is 0.411. The quantitative estimate of drug-likeness (QED) is 0.668. The average molecular weight is 228 g/mol. The molecule has 0 fully saturated rings. The zero-order chi connectivity index (χ0) is 11.7. The minimum Gasteiger partial charge on any atom is -0.469 e. The molecule has 0 amide bonds. The maximum absolute atomic E-state index is 5.18. The van der Waals surface area contributed by atoms with E-state index in [-0.39, 0.29) is 0 Å². The van der Waals surface area contributed by atoms with Crippen molar-refractivity contribution >= 4 is 0 Å². The molecule has 0 aromatic carbocycles. The van der Waals surface area contributed by atoms with E-state index in [0.29, 0.717) is 17.4 Å². The summed E-state index contributed by atoms with van der Waals surface area (Å²) in [6.07, 6.45) is 6.33. The minimum absolute atomic E-state index is 0.411. The highest BCUT2D eigenvalue weighted by atomic mass is 16.5. The maximum Gasteiger partial charge on any atom is 0.261 e. The van der Waals surface area contributed by atoms with Gasteiger partial charge in [0.15, 0.2) is 0 Å². The summed E-state index contributed by atoms with van der Waals surface area (Å²) in [7, 11) is 0. The van der Waals surface area contributed by atoms with Gasteiger partial charge in [-0.15, -0.1) is 0 Å². The number of hydrogen-bond donors (Lipinski definition) is 0. The summed E-state index contributed by atoms with van der Waals surface area (Å²) in [5, 5.41) is 3.85. The molecule has 0 unspecified atom stereocenters. The first-order chi connectivity index (χ1) is 8.34. The molecule has 6 nitrogen and oxygen atoms in total. The summed E-state index contributed by atoms with van der Waals surface area (Å²) in [4.78, 5) is 12.3. The van der Waals surface area contributed by atoms with Crippen molar-refractivity contribution in [3.05, 3.63) is 36.7 Å². The molecule has 6 heteroatoms. The molecule has 0 saturated carbocycles.